The van der Waals surface area contributed by atoms with Gasteiger partial charge in [-0.3, -0.25) is 10.1 Å². The van der Waals surface area contributed by atoms with Gasteiger partial charge < -0.3 is 20.1 Å². The highest BCUT2D eigenvalue weighted by molar-refractivity contribution is 7.22. The smallest absolute Gasteiger partial charge is 0.338 e. The van der Waals surface area contributed by atoms with Crippen molar-refractivity contribution in [2.24, 2.45) is 0 Å². The summed E-state index contributed by atoms with van der Waals surface area (Å²) in [5, 5.41) is 30.9. The third kappa shape index (κ3) is 3.67. The Morgan fingerprint density at radius 2 is 1.85 bits per heavy atom. The summed E-state index contributed by atoms with van der Waals surface area (Å²) >= 11 is 1.30. The van der Waals surface area contributed by atoms with Crippen LogP contribution in [0, 0.1) is 6.92 Å². The monoisotopic (exact) mass is 374 g/mol. The predicted molar refractivity (Wildman–Crippen MR) is 94.7 cm³/mol. The van der Waals surface area contributed by atoms with Crippen molar-refractivity contribution < 1.29 is 29.6 Å². The van der Waals surface area contributed by atoms with Gasteiger partial charge in [-0.25, -0.2) is 9.78 Å². The molecule has 1 aromatic heterocycles. The molecule has 0 saturated heterocycles. The number of amides is 1. The summed E-state index contributed by atoms with van der Waals surface area (Å²) in [5.41, 5.74) is 1.62. The summed E-state index contributed by atoms with van der Waals surface area (Å²) in [5.74, 6) is -3.62. The third-order valence-corrected chi connectivity index (χ3v) is 4.36. The first-order chi connectivity index (χ1) is 12.3. The van der Waals surface area contributed by atoms with Crippen LogP contribution in [0.4, 0.5) is 5.13 Å². The Hall–Kier alpha value is -3.33. The molecule has 0 unspecified atom stereocenters. The highest BCUT2D eigenvalue weighted by Gasteiger charge is 2.16. The number of esters is 1. The molecular weight excluding hydrogens is 360 g/mol. The summed E-state index contributed by atoms with van der Waals surface area (Å²) in [7, 11) is 0. The minimum atomic E-state index is -0.939. The summed E-state index contributed by atoms with van der Waals surface area (Å²) < 4.78 is 5.75. The van der Waals surface area contributed by atoms with Gasteiger partial charge in [0.05, 0.1) is 15.8 Å². The van der Waals surface area contributed by atoms with Crippen LogP contribution in [-0.2, 0) is 9.53 Å². The van der Waals surface area contributed by atoms with Crippen molar-refractivity contribution in [3.05, 3.63) is 41.5 Å². The second kappa shape index (κ2) is 6.89. The van der Waals surface area contributed by atoms with Gasteiger partial charge in [-0.2, -0.15) is 0 Å². The maximum absolute atomic E-state index is 11.9. The van der Waals surface area contributed by atoms with Gasteiger partial charge in [0.2, 0.25) is 0 Å². The number of benzene rings is 2. The fourth-order valence-corrected chi connectivity index (χ4v) is 3.16. The number of rotatable bonds is 4. The van der Waals surface area contributed by atoms with Crippen molar-refractivity contribution in [2.45, 2.75) is 6.92 Å². The van der Waals surface area contributed by atoms with Crippen LogP contribution in [0.25, 0.3) is 10.2 Å². The summed E-state index contributed by atoms with van der Waals surface area (Å²) in [4.78, 5) is 28.1. The average molecular weight is 374 g/mol. The third-order valence-electron chi connectivity index (χ3n) is 3.43. The molecule has 134 valence electrons. The zero-order chi connectivity index (χ0) is 18.8. The van der Waals surface area contributed by atoms with E-state index in [0.29, 0.717) is 5.13 Å². The molecule has 3 rings (SSSR count). The maximum Gasteiger partial charge on any atom is 0.338 e. The zero-order valence-corrected chi connectivity index (χ0v) is 14.3. The molecule has 0 aliphatic heterocycles. The topological polar surface area (TPSA) is 129 Å². The molecule has 0 spiro atoms. The van der Waals surface area contributed by atoms with Gasteiger partial charge in [0.15, 0.2) is 29.0 Å². The molecule has 8 nitrogen and oxygen atoms in total. The van der Waals surface area contributed by atoms with Crippen LogP contribution in [0.2, 0.25) is 0 Å². The Kier molecular flexibility index (Phi) is 4.63. The fourth-order valence-electron chi connectivity index (χ4n) is 2.18. The number of ether oxygens (including phenoxy) is 1. The van der Waals surface area contributed by atoms with E-state index in [4.69, 9.17) is 4.74 Å². The van der Waals surface area contributed by atoms with Crippen LogP contribution >= 0.6 is 11.3 Å². The van der Waals surface area contributed by atoms with Gasteiger partial charge in [0, 0.05) is 0 Å². The molecule has 0 saturated carbocycles. The van der Waals surface area contributed by atoms with Crippen LogP contribution in [0.15, 0.2) is 30.3 Å². The van der Waals surface area contributed by atoms with Gasteiger partial charge >= 0.3 is 5.97 Å². The number of carbonyl (C=O) groups is 2. The molecule has 0 fully saturated rings. The molecule has 0 aliphatic rings. The number of hydrogen-bond acceptors (Lipinski definition) is 8. The van der Waals surface area contributed by atoms with E-state index >= 15 is 0 Å². The number of nitrogens with zero attached hydrogens (tertiary/aromatic N) is 1. The number of aryl methyl sites for hydroxylation is 1. The molecular formula is C17H14N2O6S. The minimum absolute atomic E-state index is 0.207. The van der Waals surface area contributed by atoms with Crippen LogP contribution in [0.1, 0.15) is 15.9 Å². The number of phenolic OH excluding ortho intramolecular Hbond substituents is 3. The van der Waals surface area contributed by atoms with Gasteiger partial charge in [0.1, 0.15) is 0 Å². The number of aromatic hydroxyl groups is 3. The van der Waals surface area contributed by atoms with Crippen LogP contribution < -0.4 is 5.32 Å². The molecule has 1 amide bonds. The van der Waals surface area contributed by atoms with Gasteiger partial charge in [-0.1, -0.05) is 17.4 Å². The maximum atomic E-state index is 11.9. The lowest BCUT2D eigenvalue weighted by molar-refractivity contribution is -0.119. The number of thiazole rings is 1. The van der Waals surface area contributed by atoms with Crippen molar-refractivity contribution in [2.75, 3.05) is 11.9 Å². The molecule has 4 N–H and O–H groups in total. The lowest BCUT2D eigenvalue weighted by Gasteiger charge is -2.06. The normalized spacial score (nSPS) is 10.7. The molecule has 0 atom stereocenters. The van der Waals surface area contributed by atoms with E-state index < -0.39 is 35.7 Å². The van der Waals surface area contributed by atoms with Crippen molar-refractivity contribution in [1.29, 1.82) is 0 Å². The summed E-state index contributed by atoms with van der Waals surface area (Å²) in [6, 6.07) is 7.56. The molecule has 9 heteroatoms. The number of nitrogens with one attached hydrogen (secondary N) is 1. The first-order valence-corrected chi connectivity index (χ1v) is 8.24. The van der Waals surface area contributed by atoms with E-state index in [0.717, 1.165) is 27.9 Å². The van der Waals surface area contributed by atoms with E-state index in [1.807, 2.05) is 25.1 Å². The second-order valence-corrected chi connectivity index (χ2v) is 6.51. The van der Waals surface area contributed by atoms with Crippen molar-refractivity contribution >= 4 is 38.6 Å². The largest absolute Gasteiger partial charge is 0.504 e. The summed E-state index contributed by atoms with van der Waals surface area (Å²) in [6.45, 7) is 1.38. The highest BCUT2D eigenvalue weighted by atomic mass is 32.1. The lowest BCUT2D eigenvalue weighted by atomic mass is 10.2. The van der Waals surface area contributed by atoms with Gasteiger partial charge in [-0.05, 0) is 36.8 Å². The molecule has 0 bridgehead atoms. The van der Waals surface area contributed by atoms with Crippen LogP contribution in [-0.4, -0.2) is 38.8 Å². The Bertz CT molecular complexity index is 991. The fraction of sp³-hybridized carbons (Fsp3) is 0.118. The lowest BCUT2D eigenvalue weighted by Crippen LogP contribution is -2.20. The number of hydrogen-bond donors (Lipinski definition) is 4. The highest BCUT2D eigenvalue weighted by Crippen LogP contribution is 2.35. The van der Waals surface area contributed by atoms with E-state index in [9.17, 15) is 24.9 Å². The Balaban J connectivity index is 1.62. The predicted octanol–water partition coefficient (Wildman–Crippen LogP) is 2.52. The summed E-state index contributed by atoms with van der Waals surface area (Å²) in [6.07, 6.45) is 0. The Labute approximate surface area is 151 Å². The molecule has 2 aromatic carbocycles. The Morgan fingerprint density at radius 1 is 1.15 bits per heavy atom. The van der Waals surface area contributed by atoms with E-state index in [1.54, 1.807) is 0 Å². The minimum Gasteiger partial charge on any atom is -0.504 e. The van der Waals surface area contributed by atoms with Gasteiger partial charge in [-0.15, -0.1) is 0 Å². The molecule has 26 heavy (non-hydrogen) atoms. The van der Waals surface area contributed by atoms with Gasteiger partial charge in [0.25, 0.3) is 5.91 Å². The number of aromatic nitrogens is 1. The SMILES string of the molecule is Cc1ccc2nc(NC(=O)COC(=O)c3cc(O)c(O)c(O)c3)sc2c1. The van der Waals surface area contributed by atoms with E-state index in [1.165, 1.54) is 11.3 Å². The first-order valence-electron chi connectivity index (χ1n) is 7.42. The number of anilines is 1. The quantitative estimate of drug-likeness (QED) is 0.408. The number of carbonyl (C=O) groups excluding carboxylic acids is 2. The molecule has 3 aromatic rings. The van der Waals surface area contributed by atoms with Crippen molar-refractivity contribution in [3.63, 3.8) is 0 Å². The molecule has 1 heterocycles. The second-order valence-electron chi connectivity index (χ2n) is 5.48. The standard InChI is InChI=1S/C17H14N2O6S/c1-8-2-3-10-13(4-8)26-17(18-10)19-14(22)7-25-16(24)9-5-11(20)15(23)12(21)6-9/h2-6,20-21,23H,7H2,1H3,(H,18,19,22). The van der Waals surface area contributed by atoms with Crippen molar-refractivity contribution in [1.82, 2.24) is 4.98 Å². The number of fused-ring (bicyclic) bond motifs is 1. The van der Waals surface area contributed by atoms with Crippen molar-refractivity contribution in [3.8, 4) is 17.2 Å². The van der Waals surface area contributed by atoms with E-state index in [-0.39, 0.29) is 5.56 Å². The van der Waals surface area contributed by atoms with Crippen LogP contribution in [0.5, 0.6) is 17.2 Å². The Morgan fingerprint density at radius 3 is 2.54 bits per heavy atom. The zero-order valence-electron chi connectivity index (χ0n) is 13.5. The first kappa shape index (κ1) is 17.5. The van der Waals surface area contributed by atoms with E-state index in [2.05, 4.69) is 10.3 Å². The average Bonchev–Trinajstić information content (AvgIpc) is 2.98. The molecule has 0 aliphatic carbocycles. The number of phenols is 3. The molecule has 0 radical (unpaired) electrons. The van der Waals surface area contributed by atoms with Crippen LogP contribution in [0.3, 0.4) is 0 Å².